The lowest BCUT2D eigenvalue weighted by Gasteiger charge is -2.09. The van der Waals surface area contributed by atoms with Gasteiger partial charge in [-0.3, -0.25) is 9.78 Å². The summed E-state index contributed by atoms with van der Waals surface area (Å²) in [6.45, 7) is 2.92. The van der Waals surface area contributed by atoms with Gasteiger partial charge >= 0.3 is 0 Å². The molecule has 0 aromatic carbocycles. The molecule has 0 unspecified atom stereocenters. The first-order valence-electron chi connectivity index (χ1n) is 5.99. The molecule has 2 aromatic heterocycles. The van der Waals surface area contributed by atoms with E-state index in [1.807, 2.05) is 6.07 Å². The van der Waals surface area contributed by atoms with E-state index in [4.69, 9.17) is 5.73 Å². The van der Waals surface area contributed by atoms with E-state index in [1.54, 1.807) is 12.4 Å². The number of nitrogens with one attached hydrogen (secondary N) is 1. The molecule has 0 bridgehead atoms. The van der Waals surface area contributed by atoms with Crippen LogP contribution in [0.25, 0.3) is 10.1 Å². The minimum absolute atomic E-state index is 0.0678. The van der Waals surface area contributed by atoms with Crippen LogP contribution >= 0.6 is 11.3 Å². The zero-order chi connectivity index (χ0) is 12.8. The molecule has 3 N–H and O–H groups in total. The third-order valence-corrected chi connectivity index (χ3v) is 4.67. The number of fused-ring (bicyclic) bond motifs is 1. The van der Waals surface area contributed by atoms with Gasteiger partial charge in [0, 0.05) is 24.3 Å². The second-order valence-corrected chi connectivity index (χ2v) is 6.26. The van der Waals surface area contributed by atoms with E-state index < -0.39 is 0 Å². The fourth-order valence-electron chi connectivity index (χ4n) is 1.90. The number of pyridine rings is 1. The predicted octanol–water partition coefficient (Wildman–Crippen LogP) is 2.41. The first kappa shape index (κ1) is 11.5. The number of aromatic nitrogens is 1. The van der Waals surface area contributed by atoms with Crippen molar-refractivity contribution in [3.05, 3.63) is 23.3 Å². The molecule has 3 rings (SSSR count). The van der Waals surface area contributed by atoms with Crippen molar-refractivity contribution in [2.45, 2.75) is 19.8 Å². The van der Waals surface area contributed by atoms with Crippen LogP contribution in [0.2, 0.25) is 0 Å². The largest absolute Gasteiger partial charge is 0.397 e. The zero-order valence-corrected chi connectivity index (χ0v) is 11.0. The fourth-order valence-corrected chi connectivity index (χ4v) is 2.91. The Morgan fingerprint density at radius 1 is 1.61 bits per heavy atom. The number of hydrogen-bond acceptors (Lipinski definition) is 4. The maximum absolute atomic E-state index is 12.1. The van der Waals surface area contributed by atoms with E-state index in [0.717, 1.165) is 16.6 Å². The molecule has 2 heterocycles. The molecule has 1 aliphatic carbocycles. The number of carbonyl (C=O) groups excluding carboxylic acids is 1. The lowest BCUT2D eigenvalue weighted by atomic mass is 10.1. The molecular formula is C13H15N3OS. The van der Waals surface area contributed by atoms with E-state index in [9.17, 15) is 4.79 Å². The quantitative estimate of drug-likeness (QED) is 0.891. The van der Waals surface area contributed by atoms with Crippen LogP contribution in [0.3, 0.4) is 0 Å². The van der Waals surface area contributed by atoms with Crippen molar-refractivity contribution in [3.63, 3.8) is 0 Å². The Labute approximate surface area is 109 Å². The van der Waals surface area contributed by atoms with E-state index in [2.05, 4.69) is 17.2 Å². The van der Waals surface area contributed by atoms with Crippen LogP contribution in [-0.2, 0) is 0 Å². The maximum atomic E-state index is 12.1. The SMILES string of the molecule is CC1(CNC(=O)c2sc3cnccc3c2N)CC1. The van der Waals surface area contributed by atoms with E-state index in [1.165, 1.54) is 24.2 Å². The molecule has 0 aliphatic heterocycles. The number of nitrogens with two attached hydrogens (primary N) is 1. The van der Waals surface area contributed by atoms with Gasteiger partial charge in [-0.25, -0.2) is 0 Å². The molecule has 0 saturated heterocycles. The highest BCUT2D eigenvalue weighted by atomic mass is 32.1. The van der Waals surface area contributed by atoms with Crippen LogP contribution in [0.4, 0.5) is 5.69 Å². The van der Waals surface area contributed by atoms with Crippen LogP contribution in [0.5, 0.6) is 0 Å². The first-order chi connectivity index (χ1) is 8.59. The van der Waals surface area contributed by atoms with Gasteiger partial charge in [-0.2, -0.15) is 0 Å². The number of nitrogens with zero attached hydrogens (tertiary/aromatic N) is 1. The summed E-state index contributed by atoms with van der Waals surface area (Å²) < 4.78 is 0.956. The van der Waals surface area contributed by atoms with Crippen molar-refractivity contribution >= 4 is 33.0 Å². The van der Waals surface area contributed by atoms with Crippen LogP contribution < -0.4 is 11.1 Å². The van der Waals surface area contributed by atoms with Crippen molar-refractivity contribution in [1.82, 2.24) is 10.3 Å². The second kappa shape index (κ2) is 3.95. The van der Waals surface area contributed by atoms with Gasteiger partial charge in [0.1, 0.15) is 4.88 Å². The summed E-state index contributed by atoms with van der Waals surface area (Å²) in [4.78, 5) is 16.8. The average molecular weight is 261 g/mol. The lowest BCUT2D eigenvalue weighted by Crippen LogP contribution is -2.28. The van der Waals surface area contributed by atoms with Gasteiger partial charge in [0.15, 0.2) is 0 Å². The molecule has 0 radical (unpaired) electrons. The number of nitrogen functional groups attached to an aromatic ring is 1. The number of carbonyl (C=O) groups is 1. The molecule has 1 amide bonds. The summed E-state index contributed by atoms with van der Waals surface area (Å²) in [5.74, 6) is -0.0678. The molecule has 18 heavy (non-hydrogen) atoms. The third-order valence-electron chi connectivity index (χ3n) is 3.52. The summed E-state index contributed by atoms with van der Waals surface area (Å²) in [6, 6.07) is 1.85. The number of thiophene rings is 1. The highest BCUT2D eigenvalue weighted by molar-refractivity contribution is 7.21. The minimum atomic E-state index is -0.0678. The van der Waals surface area contributed by atoms with E-state index in [0.29, 0.717) is 16.0 Å². The van der Waals surface area contributed by atoms with Crippen molar-refractivity contribution in [2.75, 3.05) is 12.3 Å². The van der Waals surface area contributed by atoms with Crippen molar-refractivity contribution in [3.8, 4) is 0 Å². The molecular weight excluding hydrogens is 246 g/mol. The molecule has 1 aliphatic rings. The topological polar surface area (TPSA) is 68.0 Å². The highest BCUT2D eigenvalue weighted by Crippen LogP contribution is 2.44. The minimum Gasteiger partial charge on any atom is -0.397 e. The average Bonchev–Trinajstić information content (AvgIpc) is 3.02. The van der Waals surface area contributed by atoms with Gasteiger partial charge in [0.2, 0.25) is 0 Å². The van der Waals surface area contributed by atoms with Gasteiger partial charge in [-0.1, -0.05) is 6.92 Å². The van der Waals surface area contributed by atoms with E-state index in [-0.39, 0.29) is 5.91 Å². The van der Waals surface area contributed by atoms with E-state index >= 15 is 0 Å². The van der Waals surface area contributed by atoms with Crippen LogP contribution in [-0.4, -0.2) is 17.4 Å². The molecule has 1 fully saturated rings. The van der Waals surface area contributed by atoms with Gasteiger partial charge in [0.05, 0.1) is 10.4 Å². The predicted molar refractivity (Wildman–Crippen MR) is 73.7 cm³/mol. The van der Waals surface area contributed by atoms with Crippen molar-refractivity contribution < 1.29 is 4.79 Å². The van der Waals surface area contributed by atoms with Gasteiger partial charge in [0.25, 0.3) is 5.91 Å². The number of amides is 1. The van der Waals surface area contributed by atoms with Crippen LogP contribution in [0.15, 0.2) is 18.5 Å². The highest BCUT2D eigenvalue weighted by Gasteiger charge is 2.37. The Bertz CT molecular complexity index is 616. The van der Waals surface area contributed by atoms with Crippen LogP contribution in [0.1, 0.15) is 29.4 Å². The first-order valence-corrected chi connectivity index (χ1v) is 6.81. The van der Waals surface area contributed by atoms with Gasteiger partial charge in [-0.05, 0) is 24.3 Å². The molecule has 4 nitrogen and oxygen atoms in total. The Morgan fingerprint density at radius 3 is 3.06 bits per heavy atom. The lowest BCUT2D eigenvalue weighted by molar-refractivity contribution is 0.0951. The molecule has 2 aromatic rings. The molecule has 1 saturated carbocycles. The number of anilines is 1. The van der Waals surface area contributed by atoms with Gasteiger partial charge < -0.3 is 11.1 Å². The zero-order valence-electron chi connectivity index (χ0n) is 10.2. The Hall–Kier alpha value is -1.62. The standard InChI is InChI=1S/C13H15N3OS/c1-13(3-4-13)7-16-12(17)11-10(14)8-2-5-15-6-9(8)18-11/h2,5-6H,3-4,7,14H2,1H3,(H,16,17). The van der Waals surface area contributed by atoms with Crippen molar-refractivity contribution in [1.29, 1.82) is 0 Å². The third kappa shape index (κ3) is 1.95. The Kier molecular flexibility index (Phi) is 2.52. The molecule has 94 valence electrons. The Balaban J connectivity index is 1.84. The summed E-state index contributed by atoms with van der Waals surface area (Å²) >= 11 is 1.40. The second-order valence-electron chi connectivity index (χ2n) is 5.21. The number of rotatable bonds is 3. The van der Waals surface area contributed by atoms with Crippen molar-refractivity contribution in [2.24, 2.45) is 5.41 Å². The molecule has 0 spiro atoms. The summed E-state index contributed by atoms with van der Waals surface area (Å²) in [5.41, 5.74) is 6.89. The normalized spacial score (nSPS) is 16.7. The summed E-state index contributed by atoms with van der Waals surface area (Å²) in [5, 5.41) is 3.89. The maximum Gasteiger partial charge on any atom is 0.263 e. The molecule has 0 atom stereocenters. The summed E-state index contributed by atoms with van der Waals surface area (Å²) in [7, 11) is 0. The monoisotopic (exact) mass is 261 g/mol. The Morgan fingerprint density at radius 2 is 2.39 bits per heavy atom. The smallest absolute Gasteiger partial charge is 0.263 e. The summed E-state index contributed by atoms with van der Waals surface area (Å²) in [6.07, 6.45) is 5.83. The van der Waals surface area contributed by atoms with Gasteiger partial charge in [-0.15, -0.1) is 11.3 Å². The molecule has 5 heteroatoms. The van der Waals surface area contributed by atoms with Crippen LogP contribution in [0, 0.1) is 5.41 Å². The fraction of sp³-hybridized carbons (Fsp3) is 0.385. The number of hydrogen-bond donors (Lipinski definition) is 2.